The van der Waals surface area contributed by atoms with Crippen LogP contribution in [0.2, 0.25) is 0 Å². The van der Waals surface area contributed by atoms with Gasteiger partial charge < -0.3 is 15.2 Å². The van der Waals surface area contributed by atoms with Gasteiger partial charge in [0.15, 0.2) is 0 Å². The first-order chi connectivity index (χ1) is 7.67. The summed E-state index contributed by atoms with van der Waals surface area (Å²) in [5.41, 5.74) is -0.576. The lowest BCUT2D eigenvalue weighted by atomic mass is 9.98. The number of carboxylic acids is 1. The van der Waals surface area contributed by atoms with Crippen LogP contribution < -0.4 is 5.32 Å². The van der Waals surface area contributed by atoms with Gasteiger partial charge in [-0.2, -0.15) is 0 Å². The van der Waals surface area contributed by atoms with Crippen LogP contribution >= 0.6 is 0 Å². The summed E-state index contributed by atoms with van der Waals surface area (Å²) in [5.74, 6) is -1.54. The van der Waals surface area contributed by atoms with Gasteiger partial charge in [0.05, 0.1) is 5.92 Å². The van der Waals surface area contributed by atoms with Crippen LogP contribution in [0.4, 0.5) is 4.79 Å². The van der Waals surface area contributed by atoms with Crippen molar-refractivity contribution in [3.05, 3.63) is 0 Å². The number of carbonyl (C=O) groups is 2. The Bertz CT molecular complexity index is 270. The maximum atomic E-state index is 11.5. The summed E-state index contributed by atoms with van der Waals surface area (Å²) in [6.45, 7) is 8.82. The fourth-order valence-corrected chi connectivity index (χ4v) is 1.39. The molecule has 0 aliphatic heterocycles. The number of alkyl carbamates (subject to hydrolysis) is 1. The Labute approximate surface area is 103 Å². The Morgan fingerprint density at radius 3 is 2.24 bits per heavy atom. The number of carboxylic acid groups (broad SMARTS) is 1. The molecule has 5 nitrogen and oxygen atoms in total. The number of aliphatic carboxylic acids is 1. The third-order valence-electron chi connectivity index (χ3n) is 2.29. The second kappa shape index (κ2) is 6.47. The second-order valence-electron chi connectivity index (χ2n) is 5.17. The fraction of sp³-hybridized carbons (Fsp3) is 0.833. The van der Waals surface area contributed by atoms with Gasteiger partial charge in [0.25, 0.3) is 0 Å². The molecule has 17 heavy (non-hydrogen) atoms. The van der Waals surface area contributed by atoms with E-state index in [1.807, 2.05) is 6.92 Å². The van der Waals surface area contributed by atoms with Crippen molar-refractivity contribution in [2.45, 2.75) is 59.1 Å². The van der Waals surface area contributed by atoms with Crippen LogP contribution in [-0.4, -0.2) is 28.8 Å². The lowest BCUT2D eigenvalue weighted by molar-refractivity contribution is -0.142. The van der Waals surface area contributed by atoms with Crippen molar-refractivity contribution in [3.63, 3.8) is 0 Å². The molecule has 0 bridgehead atoms. The topological polar surface area (TPSA) is 75.6 Å². The molecule has 5 heteroatoms. The number of rotatable bonds is 5. The average molecular weight is 245 g/mol. The predicted molar refractivity (Wildman–Crippen MR) is 64.9 cm³/mol. The fourth-order valence-electron chi connectivity index (χ4n) is 1.39. The maximum absolute atomic E-state index is 11.5. The van der Waals surface area contributed by atoms with Crippen LogP contribution in [0.25, 0.3) is 0 Å². The second-order valence-corrected chi connectivity index (χ2v) is 5.17. The summed E-state index contributed by atoms with van der Waals surface area (Å²) >= 11 is 0. The Balaban J connectivity index is 4.44. The summed E-state index contributed by atoms with van der Waals surface area (Å²) in [5, 5.41) is 11.5. The summed E-state index contributed by atoms with van der Waals surface area (Å²) in [6, 6.07) is -0.396. The Hall–Kier alpha value is -1.26. The van der Waals surface area contributed by atoms with E-state index >= 15 is 0 Å². The average Bonchev–Trinajstić information content (AvgIpc) is 2.12. The van der Waals surface area contributed by atoms with Gasteiger partial charge >= 0.3 is 12.1 Å². The highest BCUT2D eigenvalue weighted by Gasteiger charge is 2.26. The molecular weight excluding hydrogens is 222 g/mol. The standard InChI is InChI=1S/C12H23NO4/c1-6-7-9(8(2)10(14)15)13-11(16)17-12(3,4)5/h8-9H,6-7H2,1-5H3,(H,13,16)(H,14,15). The third kappa shape index (κ3) is 6.81. The molecule has 0 radical (unpaired) electrons. The van der Waals surface area contributed by atoms with E-state index in [2.05, 4.69) is 5.32 Å². The lowest BCUT2D eigenvalue weighted by Crippen LogP contribution is -2.44. The summed E-state index contributed by atoms with van der Waals surface area (Å²) in [6.07, 6.45) is 0.856. The maximum Gasteiger partial charge on any atom is 0.407 e. The Morgan fingerprint density at radius 1 is 1.35 bits per heavy atom. The van der Waals surface area contributed by atoms with Gasteiger partial charge in [-0.25, -0.2) is 4.79 Å². The van der Waals surface area contributed by atoms with Crippen molar-refractivity contribution in [2.75, 3.05) is 0 Å². The molecule has 0 aromatic rings. The number of hydrogen-bond donors (Lipinski definition) is 2. The summed E-state index contributed by atoms with van der Waals surface area (Å²) in [7, 11) is 0. The smallest absolute Gasteiger partial charge is 0.407 e. The van der Waals surface area contributed by atoms with Gasteiger partial charge in [0.1, 0.15) is 5.60 Å². The van der Waals surface area contributed by atoms with Crippen molar-refractivity contribution >= 4 is 12.1 Å². The predicted octanol–water partition coefficient (Wildman–Crippen LogP) is 2.40. The molecule has 0 heterocycles. The number of nitrogens with one attached hydrogen (secondary N) is 1. The van der Waals surface area contributed by atoms with Crippen molar-refractivity contribution in [2.24, 2.45) is 5.92 Å². The van der Waals surface area contributed by atoms with Gasteiger partial charge in [-0.15, -0.1) is 0 Å². The van der Waals surface area contributed by atoms with Gasteiger partial charge in [0, 0.05) is 6.04 Å². The molecule has 2 atom stereocenters. The van der Waals surface area contributed by atoms with E-state index < -0.39 is 29.6 Å². The SMILES string of the molecule is CCCC(NC(=O)OC(C)(C)C)C(C)C(=O)O. The molecule has 0 aliphatic rings. The summed E-state index contributed by atoms with van der Waals surface area (Å²) < 4.78 is 5.10. The molecule has 0 saturated carbocycles. The first kappa shape index (κ1) is 15.7. The highest BCUT2D eigenvalue weighted by atomic mass is 16.6. The van der Waals surface area contributed by atoms with Crippen LogP contribution in [0.3, 0.4) is 0 Å². The summed E-state index contributed by atoms with van der Waals surface area (Å²) in [4.78, 5) is 22.4. The van der Waals surface area contributed by atoms with Crippen molar-refractivity contribution in [1.29, 1.82) is 0 Å². The highest BCUT2D eigenvalue weighted by Crippen LogP contribution is 2.12. The van der Waals surface area contributed by atoms with Crippen LogP contribution in [-0.2, 0) is 9.53 Å². The van der Waals surface area contributed by atoms with Gasteiger partial charge in [-0.3, -0.25) is 4.79 Å². The number of ether oxygens (including phenoxy) is 1. The lowest BCUT2D eigenvalue weighted by Gasteiger charge is -2.25. The van der Waals surface area contributed by atoms with Crippen LogP contribution in [0.15, 0.2) is 0 Å². The van der Waals surface area contributed by atoms with Crippen molar-refractivity contribution < 1.29 is 19.4 Å². The molecule has 0 saturated heterocycles. The van der Waals surface area contributed by atoms with E-state index in [-0.39, 0.29) is 0 Å². The van der Waals surface area contributed by atoms with Gasteiger partial charge in [-0.05, 0) is 34.1 Å². The van der Waals surface area contributed by atoms with Gasteiger partial charge in [-0.1, -0.05) is 13.3 Å². The molecule has 0 spiro atoms. The molecule has 2 unspecified atom stereocenters. The van der Waals surface area contributed by atoms with Crippen LogP contribution in [0.1, 0.15) is 47.5 Å². The van der Waals surface area contributed by atoms with E-state index in [0.29, 0.717) is 6.42 Å². The third-order valence-corrected chi connectivity index (χ3v) is 2.29. The number of amides is 1. The molecule has 0 aromatic carbocycles. The Kier molecular flexibility index (Phi) is 5.99. The minimum absolute atomic E-state index is 0.396. The molecule has 0 aromatic heterocycles. The van der Waals surface area contributed by atoms with E-state index in [1.165, 1.54) is 0 Å². The zero-order chi connectivity index (χ0) is 13.6. The Morgan fingerprint density at radius 2 is 1.88 bits per heavy atom. The molecule has 100 valence electrons. The first-order valence-corrected chi connectivity index (χ1v) is 5.89. The zero-order valence-corrected chi connectivity index (χ0v) is 11.2. The normalized spacial score (nSPS) is 14.9. The first-order valence-electron chi connectivity index (χ1n) is 5.89. The minimum atomic E-state index is -0.917. The molecule has 0 rings (SSSR count). The highest BCUT2D eigenvalue weighted by molar-refractivity contribution is 5.73. The van der Waals surface area contributed by atoms with E-state index in [4.69, 9.17) is 9.84 Å². The molecule has 2 N–H and O–H groups in total. The van der Waals surface area contributed by atoms with Crippen molar-refractivity contribution in [3.8, 4) is 0 Å². The number of carbonyl (C=O) groups excluding carboxylic acids is 1. The molecule has 0 fully saturated rings. The largest absolute Gasteiger partial charge is 0.481 e. The molecule has 1 amide bonds. The quantitative estimate of drug-likeness (QED) is 0.779. The monoisotopic (exact) mass is 245 g/mol. The van der Waals surface area contributed by atoms with Crippen molar-refractivity contribution in [1.82, 2.24) is 5.32 Å². The minimum Gasteiger partial charge on any atom is -0.481 e. The van der Waals surface area contributed by atoms with Crippen LogP contribution in [0, 0.1) is 5.92 Å². The molecule has 0 aliphatic carbocycles. The van der Waals surface area contributed by atoms with Gasteiger partial charge in [0.2, 0.25) is 0 Å². The molecular formula is C12H23NO4. The van der Waals surface area contributed by atoms with E-state index in [0.717, 1.165) is 6.42 Å². The van der Waals surface area contributed by atoms with E-state index in [1.54, 1.807) is 27.7 Å². The zero-order valence-electron chi connectivity index (χ0n) is 11.2. The number of hydrogen-bond acceptors (Lipinski definition) is 3. The van der Waals surface area contributed by atoms with E-state index in [9.17, 15) is 9.59 Å². The van der Waals surface area contributed by atoms with Crippen LogP contribution in [0.5, 0.6) is 0 Å².